The largest absolute Gasteiger partial charge is 0.238 e. The third-order valence-electron chi connectivity index (χ3n) is 2.85. The molecule has 1 aromatic rings. The van der Waals surface area contributed by atoms with Crippen LogP contribution >= 0.6 is 22.3 Å². The highest BCUT2D eigenvalue weighted by molar-refractivity contribution is 8.15. The molecule has 0 aliphatic heterocycles. The summed E-state index contributed by atoms with van der Waals surface area (Å²) in [5, 5.41) is 0.242. The van der Waals surface area contributed by atoms with Gasteiger partial charge in [0.05, 0.1) is 4.75 Å². The average Bonchev–Trinajstić information content (AvgIpc) is 2.90. The van der Waals surface area contributed by atoms with Crippen molar-refractivity contribution in [1.82, 2.24) is 0 Å². The van der Waals surface area contributed by atoms with Crippen LogP contribution in [-0.2, 0) is 15.5 Å². The number of halogens is 3. The first-order valence-electron chi connectivity index (χ1n) is 4.72. The maximum Gasteiger partial charge on any atom is 0.238 e. The van der Waals surface area contributed by atoms with Gasteiger partial charge in [0.2, 0.25) is 9.05 Å². The van der Waals surface area contributed by atoms with Crippen LogP contribution in [0.3, 0.4) is 0 Å². The lowest BCUT2D eigenvalue weighted by Crippen LogP contribution is -2.21. The summed E-state index contributed by atoms with van der Waals surface area (Å²) in [5.41, 5.74) is 0.616. The fraction of sp³-hybridized carbons (Fsp3) is 0.400. The Morgan fingerprint density at radius 1 is 1.38 bits per heavy atom. The van der Waals surface area contributed by atoms with Crippen LogP contribution in [0.25, 0.3) is 0 Å². The molecule has 2 nitrogen and oxygen atoms in total. The summed E-state index contributed by atoms with van der Waals surface area (Å²) in [6, 6.07) is 3.94. The number of rotatable bonds is 3. The molecular formula is C10H9Cl2FO2S. The monoisotopic (exact) mass is 282 g/mol. The Balaban J connectivity index is 2.29. The predicted molar refractivity (Wildman–Crippen MR) is 61.9 cm³/mol. The van der Waals surface area contributed by atoms with E-state index in [1.165, 1.54) is 18.2 Å². The van der Waals surface area contributed by atoms with Gasteiger partial charge in [0, 0.05) is 15.7 Å². The fourth-order valence-electron chi connectivity index (χ4n) is 1.66. The van der Waals surface area contributed by atoms with E-state index in [1.807, 2.05) is 0 Å². The van der Waals surface area contributed by atoms with Crippen molar-refractivity contribution < 1.29 is 12.8 Å². The van der Waals surface area contributed by atoms with Gasteiger partial charge in [-0.05, 0) is 37.0 Å². The van der Waals surface area contributed by atoms with Crippen molar-refractivity contribution >= 4 is 31.3 Å². The van der Waals surface area contributed by atoms with Crippen LogP contribution < -0.4 is 0 Å². The predicted octanol–water partition coefficient (Wildman–Crippen LogP) is 3.12. The summed E-state index contributed by atoms with van der Waals surface area (Å²) >= 11 is 5.84. The minimum absolute atomic E-state index is 0.242. The highest BCUT2D eigenvalue weighted by Crippen LogP contribution is 2.48. The van der Waals surface area contributed by atoms with E-state index in [9.17, 15) is 12.8 Å². The molecule has 0 radical (unpaired) electrons. The van der Waals surface area contributed by atoms with Crippen molar-refractivity contribution in [2.75, 3.05) is 0 Å². The summed E-state index contributed by atoms with van der Waals surface area (Å²) in [6.45, 7) is 0. The second kappa shape index (κ2) is 3.86. The molecule has 0 heterocycles. The van der Waals surface area contributed by atoms with E-state index in [-0.39, 0.29) is 11.4 Å². The lowest BCUT2D eigenvalue weighted by atomic mass is 10.1. The normalized spacial score (nSPS) is 18.4. The van der Waals surface area contributed by atoms with E-state index in [2.05, 4.69) is 0 Å². The zero-order valence-corrected chi connectivity index (χ0v) is 10.5. The SMILES string of the molecule is O=S(=O)(Cl)C1(Cc2ccc(F)cc2Cl)CC1. The molecule has 0 bridgehead atoms. The minimum atomic E-state index is -3.60. The molecule has 16 heavy (non-hydrogen) atoms. The molecule has 0 spiro atoms. The summed E-state index contributed by atoms with van der Waals surface area (Å²) in [7, 11) is 1.78. The van der Waals surface area contributed by atoms with E-state index >= 15 is 0 Å². The van der Waals surface area contributed by atoms with Gasteiger partial charge < -0.3 is 0 Å². The maximum atomic E-state index is 12.8. The van der Waals surface area contributed by atoms with E-state index in [4.69, 9.17) is 22.3 Å². The maximum absolute atomic E-state index is 12.8. The second-order valence-electron chi connectivity index (χ2n) is 4.03. The molecule has 0 atom stereocenters. The third kappa shape index (κ3) is 2.19. The smallest absolute Gasteiger partial charge is 0.212 e. The molecule has 0 unspecified atom stereocenters. The van der Waals surface area contributed by atoms with Crippen LogP contribution in [0.1, 0.15) is 18.4 Å². The molecule has 88 valence electrons. The van der Waals surface area contributed by atoms with Gasteiger partial charge in [-0.15, -0.1) is 0 Å². The summed E-state index contributed by atoms with van der Waals surface area (Å²) in [4.78, 5) is 0. The Morgan fingerprint density at radius 2 is 2.00 bits per heavy atom. The highest BCUT2D eigenvalue weighted by atomic mass is 35.7. The number of benzene rings is 1. The van der Waals surface area contributed by atoms with Crippen molar-refractivity contribution in [3.63, 3.8) is 0 Å². The molecule has 1 saturated carbocycles. The summed E-state index contributed by atoms with van der Waals surface area (Å²) < 4.78 is 34.6. The summed E-state index contributed by atoms with van der Waals surface area (Å²) in [6.07, 6.45) is 1.32. The molecule has 6 heteroatoms. The third-order valence-corrected chi connectivity index (χ3v) is 5.77. The Morgan fingerprint density at radius 3 is 2.44 bits per heavy atom. The zero-order chi connectivity index (χ0) is 12.0. The molecule has 0 amide bonds. The van der Waals surface area contributed by atoms with Crippen molar-refractivity contribution in [2.24, 2.45) is 0 Å². The molecular weight excluding hydrogens is 274 g/mol. The van der Waals surface area contributed by atoms with Gasteiger partial charge in [0.15, 0.2) is 0 Å². The van der Waals surface area contributed by atoms with Crippen LogP contribution in [-0.4, -0.2) is 13.2 Å². The quantitative estimate of drug-likeness (QED) is 0.799. The Kier molecular flexibility index (Phi) is 2.93. The van der Waals surface area contributed by atoms with Gasteiger partial charge in [-0.25, -0.2) is 12.8 Å². The fourth-order valence-corrected chi connectivity index (χ4v) is 3.44. The van der Waals surface area contributed by atoms with Gasteiger partial charge in [-0.2, -0.15) is 0 Å². The Hall–Kier alpha value is -0.320. The van der Waals surface area contributed by atoms with Gasteiger partial charge in [0.1, 0.15) is 5.82 Å². The van der Waals surface area contributed by atoms with Gasteiger partial charge >= 0.3 is 0 Å². The lowest BCUT2D eigenvalue weighted by Gasteiger charge is -2.12. The standard InChI is InChI=1S/C10H9Cl2FO2S/c11-9-5-8(13)2-1-7(9)6-10(3-4-10)16(12,14)15/h1-2,5H,3-4,6H2. The highest BCUT2D eigenvalue weighted by Gasteiger charge is 2.53. The number of hydrogen-bond donors (Lipinski definition) is 0. The van der Waals surface area contributed by atoms with Gasteiger partial charge in [-0.3, -0.25) is 0 Å². The zero-order valence-electron chi connectivity index (χ0n) is 8.21. The lowest BCUT2D eigenvalue weighted by molar-refractivity contribution is 0.590. The van der Waals surface area contributed by atoms with Crippen LogP contribution in [0.5, 0.6) is 0 Å². The van der Waals surface area contributed by atoms with Gasteiger partial charge in [-0.1, -0.05) is 17.7 Å². The van der Waals surface area contributed by atoms with Crippen LogP contribution in [0, 0.1) is 5.82 Å². The van der Waals surface area contributed by atoms with Gasteiger partial charge in [0.25, 0.3) is 0 Å². The van der Waals surface area contributed by atoms with Crippen molar-refractivity contribution in [3.8, 4) is 0 Å². The molecule has 2 rings (SSSR count). The van der Waals surface area contributed by atoms with E-state index in [1.54, 1.807) is 0 Å². The molecule has 1 aromatic carbocycles. The Labute approximate surface area is 103 Å². The van der Waals surface area contributed by atoms with Crippen molar-refractivity contribution in [2.45, 2.75) is 24.0 Å². The second-order valence-corrected chi connectivity index (χ2v) is 7.40. The first kappa shape index (κ1) is 12.1. The molecule has 0 saturated heterocycles. The van der Waals surface area contributed by atoms with Crippen molar-refractivity contribution in [3.05, 3.63) is 34.6 Å². The molecule has 1 aliphatic carbocycles. The summed E-state index contributed by atoms with van der Waals surface area (Å²) in [5.74, 6) is -0.438. The first-order chi connectivity index (χ1) is 7.34. The van der Waals surface area contributed by atoms with Crippen LogP contribution in [0.4, 0.5) is 4.39 Å². The number of hydrogen-bond acceptors (Lipinski definition) is 2. The average molecular weight is 283 g/mol. The topological polar surface area (TPSA) is 34.1 Å². The van der Waals surface area contributed by atoms with E-state index < -0.39 is 19.6 Å². The molecule has 0 N–H and O–H groups in total. The van der Waals surface area contributed by atoms with E-state index in [0.717, 1.165) is 0 Å². The molecule has 1 aliphatic rings. The minimum Gasteiger partial charge on any atom is -0.212 e. The van der Waals surface area contributed by atoms with E-state index in [0.29, 0.717) is 18.4 Å². The first-order valence-corrected chi connectivity index (χ1v) is 7.41. The molecule has 1 fully saturated rings. The van der Waals surface area contributed by atoms with Crippen molar-refractivity contribution in [1.29, 1.82) is 0 Å². The molecule has 0 aromatic heterocycles. The van der Waals surface area contributed by atoms with Crippen LogP contribution in [0.15, 0.2) is 18.2 Å². The Bertz CT molecular complexity index is 524. The van der Waals surface area contributed by atoms with Crippen LogP contribution in [0.2, 0.25) is 5.02 Å².